The Kier molecular flexibility index (Phi) is 6.16. The van der Waals surface area contributed by atoms with Gasteiger partial charge in [0.15, 0.2) is 0 Å². The summed E-state index contributed by atoms with van der Waals surface area (Å²) in [6, 6.07) is 0.151. The molecule has 104 valence electrons. The molecule has 0 heterocycles. The van der Waals surface area contributed by atoms with Gasteiger partial charge in [-0.2, -0.15) is 0 Å². The van der Waals surface area contributed by atoms with Crippen molar-refractivity contribution in [2.24, 2.45) is 11.8 Å². The predicted molar refractivity (Wildman–Crippen MR) is 70.2 cm³/mol. The minimum Gasteiger partial charge on any atom is -0.481 e. The highest BCUT2D eigenvalue weighted by Crippen LogP contribution is 2.29. The van der Waals surface area contributed by atoms with Crippen LogP contribution in [0.15, 0.2) is 0 Å². The van der Waals surface area contributed by atoms with Gasteiger partial charge in [0.1, 0.15) is 0 Å². The highest BCUT2D eigenvalue weighted by Gasteiger charge is 2.21. The van der Waals surface area contributed by atoms with Crippen LogP contribution in [0.5, 0.6) is 0 Å². The average Bonchev–Trinajstić information content (AvgIpc) is 2.23. The first-order chi connectivity index (χ1) is 8.49. The van der Waals surface area contributed by atoms with Gasteiger partial charge in [-0.25, -0.2) is 0 Å². The molecule has 0 aromatic rings. The lowest BCUT2D eigenvalue weighted by Gasteiger charge is -2.25. The number of aliphatic carboxylic acids is 1. The highest BCUT2D eigenvalue weighted by molar-refractivity contribution is 5.76. The first-order valence-electron chi connectivity index (χ1n) is 7.01. The predicted octanol–water partition coefficient (Wildman–Crippen LogP) is 2.57. The minimum absolute atomic E-state index is 0.151. The molecular formula is C14H25NO3. The Bertz CT molecular complexity index is 287. The molecule has 1 aliphatic rings. The number of hydrogen-bond acceptors (Lipinski definition) is 2. The number of hydrogen-bond donors (Lipinski definition) is 2. The number of carbonyl (C=O) groups excluding carboxylic acids is 1. The summed E-state index contributed by atoms with van der Waals surface area (Å²) in [7, 11) is 0. The van der Waals surface area contributed by atoms with Gasteiger partial charge in [-0.3, -0.25) is 9.59 Å². The van der Waals surface area contributed by atoms with Gasteiger partial charge in [0.25, 0.3) is 0 Å². The summed E-state index contributed by atoms with van der Waals surface area (Å²) in [6.07, 6.45) is 6.69. The van der Waals surface area contributed by atoms with E-state index in [4.69, 9.17) is 5.11 Å². The normalized spacial score (nSPS) is 18.8. The number of amides is 1. The second-order valence-corrected chi connectivity index (χ2v) is 5.64. The molecule has 4 heteroatoms. The molecule has 0 aliphatic heterocycles. The Morgan fingerprint density at radius 2 is 1.94 bits per heavy atom. The van der Waals surface area contributed by atoms with Gasteiger partial charge >= 0.3 is 5.97 Å². The molecule has 1 rings (SSSR count). The molecule has 0 bridgehead atoms. The molecule has 1 saturated carbocycles. The summed E-state index contributed by atoms with van der Waals surface area (Å²) in [4.78, 5) is 22.3. The summed E-state index contributed by atoms with van der Waals surface area (Å²) in [5.74, 6) is -0.276. The second kappa shape index (κ2) is 7.39. The fraction of sp³-hybridized carbons (Fsp3) is 0.857. The Hall–Kier alpha value is -1.06. The van der Waals surface area contributed by atoms with Crippen LogP contribution in [0.3, 0.4) is 0 Å². The van der Waals surface area contributed by atoms with Gasteiger partial charge < -0.3 is 10.4 Å². The molecule has 2 unspecified atom stereocenters. The van der Waals surface area contributed by atoms with Crippen LogP contribution in [0.2, 0.25) is 0 Å². The summed E-state index contributed by atoms with van der Waals surface area (Å²) < 4.78 is 0. The molecular weight excluding hydrogens is 230 g/mol. The van der Waals surface area contributed by atoms with Crippen molar-refractivity contribution in [1.29, 1.82) is 0 Å². The Labute approximate surface area is 109 Å². The van der Waals surface area contributed by atoms with Crippen molar-refractivity contribution in [3.8, 4) is 0 Å². The zero-order valence-corrected chi connectivity index (χ0v) is 11.4. The van der Waals surface area contributed by atoms with E-state index in [0.717, 1.165) is 12.8 Å². The highest BCUT2D eigenvalue weighted by atomic mass is 16.4. The van der Waals surface area contributed by atoms with Crippen LogP contribution >= 0.6 is 0 Å². The summed E-state index contributed by atoms with van der Waals surface area (Å²) in [5, 5.41) is 11.8. The van der Waals surface area contributed by atoms with E-state index in [1.165, 1.54) is 19.3 Å². The van der Waals surface area contributed by atoms with Crippen LogP contribution in [-0.2, 0) is 9.59 Å². The third kappa shape index (κ3) is 5.52. The van der Waals surface area contributed by atoms with Crippen LogP contribution in [0.4, 0.5) is 0 Å². The maximum absolute atomic E-state index is 11.7. The Morgan fingerprint density at radius 3 is 2.44 bits per heavy atom. The van der Waals surface area contributed by atoms with Crippen molar-refractivity contribution in [3.05, 3.63) is 0 Å². The zero-order chi connectivity index (χ0) is 13.5. The third-order valence-corrected chi connectivity index (χ3v) is 3.80. The van der Waals surface area contributed by atoms with Crippen molar-refractivity contribution >= 4 is 11.9 Å². The molecule has 0 aromatic heterocycles. The van der Waals surface area contributed by atoms with Gasteiger partial charge in [-0.1, -0.05) is 19.8 Å². The van der Waals surface area contributed by atoms with Crippen molar-refractivity contribution in [3.63, 3.8) is 0 Å². The number of rotatable bonds is 8. The van der Waals surface area contributed by atoms with Gasteiger partial charge in [0, 0.05) is 12.5 Å². The Balaban J connectivity index is 2.06. The van der Waals surface area contributed by atoms with E-state index in [-0.39, 0.29) is 17.9 Å². The SMILES string of the molecule is CC(CCCC(C)C(=O)O)NC(=O)CC1CCC1. The van der Waals surface area contributed by atoms with E-state index in [1.807, 2.05) is 6.92 Å². The number of carbonyl (C=O) groups is 2. The van der Waals surface area contributed by atoms with Gasteiger partial charge in [0.2, 0.25) is 5.91 Å². The largest absolute Gasteiger partial charge is 0.481 e. The fourth-order valence-corrected chi connectivity index (χ4v) is 2.22. The molecule has 0 spiro atoms. The summed E-state index contributed by atoms with van der Waals surface area (Å²) in [6.45, 7) is 3.71. The molecule has 1 amide bonds. The first-order valence-corrected chi connectivity index (χ1v) is 7.01. The summed E-state index contributed by atoms with van der Waals surface area (Å²) >= 11 is 0. The minimum atomic E-state index is -0.739. The first kappa shape index (κ1) is 15.0. The van der Waals surface area contributed by atoms with E-state index in [9.17, 15) is 9.59 Å². The van der Waals surface area contributed by atoms with E-state index < -0.39 is 5.97 Å². The lowest BCUT2D eigenvalue weighted by molar-refractivity contribution is -0.141. The molecule has 0 saturated heterocycles. The molecule has 0 aromatic carbocycles. The van der Waals surface area contributed by atoms with E-state index in [2.05, 4.69) is 5.32 Å². The smallest absolute Gasteiger partial charge is 0.306 e. The lowest BCUT2D eigenvalue weighted by Crippen LogP contribution is -2.34. The van der Waals surface area contributed by atoms with Crippen molar-refractivity contribution in [2.75, 3.05) is 0 Å². The molecule has 1 fully saturated rings. The van der Waals surface area contributed by atoms with E-state index >= 15 is 0 Å². The standard InChI is InChI=1S/C14H25NO3/c1-10(14(17)18)5-3-6-11(2)15-13(16)9-12-7-4-8-12/h10-12H,3-9H2,1-2H3,(H,15,16)(H,17,18). The lowest BCUT2D eigenvalue weighted by atomic mass is 9.83. The van der Waals surface area contributed by atoms with E-state index in [1.54, 1.807) is 6.92 Å². The molecule has 18 heavy (non-hydrogen) atoms. The maximum Gasteiger partial charge on any atom is 0.306 e. The average molecular weight is 255 g/mol. The van der Waals surface area contributed by atoms with Crippen molar-refractivity contribution in [2.45, 2.75) is 64.8 Å². The van der Waals surface area contributed by atoms with Gasteiger partial charge in [-0.05, 0) is 38.5 Å². The number of carboxylic acids is 1. The molecule has 2 N–H and O–H groups in total. The Morgan fingerprint density at radius 1 is 1.28 bits per heavy atom. The fourth-order valence-electron chi connectivity index (χ4n) is 2.22. The van der Waals surface area contributed by atoms with Crippen LogP contribution in [0, 0.1) is 11.8 Å². The molecule has 0 radical (unpaired) electrons. The van der Waals surface area contributed by atoms with Crippen LogP contribution < -0.4 is 5.32 Å². The second-order valence-electron chi connectivity index (χ2n) is 5.64. The summed E-state index contributed by atoms with van der Waals surface area (Å²) in [5.41, 5.74) is 0. The molecule has 4 nitrogen and oxygen atoms in total. The topological polar surface area (TPSA) is 66.4 Å². The van der Waals surface area contributed by atoms with Gasteiger partial charge in [0.05, 0.1) is 5.92 Å². The van der Waals surface area contributed by atoms with Crippen molar-refractivity contribution < 1.29 is 14.7 Å². The quantitative estimate of drug-likeness (QED) is 0.700. The monoisotopic (exact) mass is 255 g/mol. The van der Waals surface area contributed by atoms with Crippen LogP contribution in [0.25, 0.3) is 0 Å². The number of carboxylic acid groups (broad SMARTS) is 1. The zero-order valence-electron chi connectivity index (χ0n) is 11.4. The molecule has 2 atom stereocenters. The molecule has 1 aliphatic carbocycles. The van der Waals surface area contributed by atoms with Crippen LogP contribution in [0.1, 0.15) is 58.8 Å². The number of nitrogens with one attached hydrogen (secondary N) is 1. The maximum atomic E-state index is 11.7. The van der Waals surface area contributed by atoms with E-state index in [0.29, 0.717) is 18.8 Å². The van der Waals surface area contributed by atoms with Gasteiger partial charge in [-0.15, -0.1) is 0 Å². The van der Waals surface area contributed by atoms with Crippen LogP contribution in [-0.4, -0.2) is 23.0 Å². The third-order valence-electron chi connectivity index (χ3n) is 3.80. The van der Waals surface area contributed by atoms with Crippen molar-refractivity contribution in [1.82, 2.24) is 5.32 Å².